The molecule has 0 aromatic heterocycles. The lowest BCUT2D eigenvalue weighted by atomic mass is 9.60. The lowest BCUT2D eigenvalue weighted by Crippen LogP contribution is -2.47. The Bertz CT molecular complexity index is 1240. The largest absolute Gasteiger partial charge is 0.455 e. The number of fused-ring (bicyclic) bond motifs is 4. The summed E-state index contributed by atoms with van der Waals surface area (Å²) in [6.07, 6.45) is 5.35. The van der Waals surface area contributed by atoms with Gasteiger partial charge in [0.2, 0.25) is 5.60 Å². The molecule has 2 heterocycles. The first-order valence-electron chi connectivity index (χ1n) is 11.8. The van der Waals surface area contributed by atoms with Crippen LogP contribution < -0.4 is 5.06 Å². The van der Waals surface area contributed by atoms with Crippen molar-refractivity contribution in [1.29, 1.82) is 0 Å². The molecule has 2 saturated heterocycles. The minimum Gasteiger partial charge on any atom is -0.455 e. The molecule has 0 amide bonds. The van der Waals surface area contributed by atoms with Crippen molar-refractivity contribution in [2.24, 2.45) is 11.3 Å². The predicted octanol–water partition coefficient (Wildman–Crippen LogP) is 5.87. The van der Waals surface area contributed by atoms with E-state index >= 15 is 0 Å². The highest BCUT2D eigenvalue weighted by molar-refractivity contribution is 9.10. The van der Waals surface area contributed by atoms with Gasteiger partial charge >= 0.3 is 5.97 Å². The number of hydrogen-bond acceptors (Lipinski definition) is 5. The van der Waals surface area contributed by atoms with Crippen LogP contribution in [0.3, 0.4) is 0 Å². The fraction of sp³-hybridized carbons (Fsp3) is 0.357. The Kier molecular flexibility index (Phi) is 4.91. The van der Waals surface area contributed by atoms with Crippen LogP contribution in [0.25, 0.3) is 0 Å². The van der Waals surface area contributed by atoms with Crippen LogP contribution in [-0.2, 0) is 19.2 Å². The van der Waals surface area contributed by atoms with E-state index in [4.69, 9.17) is 9.57 Å². The van der Waals surface area contributed by atoms with Gasteiger partial charge in [-0.1, -0.05) is 59.3 Å². The van der Waals surface area contributed by atoms with Gasteiger partial charge in [-0.05, 0) is 61.2 Å². The second kappa shape index (κ2) is 7.65. The SMILES string of the molecule is CC1=C2[C@H]3OC(=O)C4(C[C@H](c5ccc(Br)cc5)N(c5ccccc5)O4)[C@@H]3CC[C@@]2(C)C=CC1=O. The number of halogens is 1. The first kappa shape index (κ1) is 21.8. The summed E-state index contributed by atoms with van der Waals surface area (Å²) in [4.78, 5) is 32.9. The van der Waals surface area contributed by atoms with E-state index in [1.807, 2.05) is 60.5 Å². The molecule has 0 N–H and O–H groups in total. The molecule has 5 nitrogen and oxygen atoms in total. The molecule has 2 aliphatic heterocycles. The number of allylic oxidation sites excluding steroid dienone is 3. The number of hydroxylamine groups is 1. The number of para-hydroxylation sites is 1. The molecule has 1 saturated carbocycles. The van der Waals surface area contributed by atoms with E-state index in [1.165, 1.54) is 0 Å². The number of benzene rings is 2. The summed E-state index contributed by atoms with van der Waals surface area (Å²) in [5.41, 5.74) is 2.27. The van der Waals surface area contributed by atoms with Crippen molar-refractivity contribution in [3.05, 3.63) is 87.9 Å². The number of carbonyl (C=O) groups is 2. The molecule has 3 fully saturated rings. The van der Waals surface area contributed by atoms with Gasteiger partial charge in [-0.15, -0.1) is 0 Å². The summed E-state index contributed by atoms with van der Waals surface area (Å²) >= 11 is 3.52. The summed E-state index contributed by atoms with van der Waals surface area (Å²) in [6.45, 7) is 4.00. The Morgan fingerprint density at radius 2 is 1.79 bits per heavy atom. The van der Waals surface area contributed by atoms with Gasteiger partial charge in [0, 0.05) is 27.8 Å². The molecule has 6 heteroatoms. The number of anilines is 1. The zero-order valence-electron chi connectivity index (χ0n) is 19.2. The van der Waals surface area contributed by atoms with Gasteiger partial charge in [0.25, 0.3) is 0 Å². The Balaban J connectivity index is 1.43. The van der Waals surface area contributed by atoms with E-state index in [0.717, 1.165) is 34.1 Å². The maximum Gasteiger partial charge on any atom is 0.342 e. The van der Waals surface area contributed by atoms with Crippen LogP contribution in [0.5, 0.6) is 0 Å². The van der Waals surface area contributed by atoms with E-state index in [1.54, 1.807) is 6.08 Å². The summed E-state index contributed by atoms with van der Waals surface area (Å²) in [6, 6.07) is 17.9. The zero-order chi connectivity index (χ0) is 23.7. The maximum absolute atomic E-state index is 13.6. The standard InChI is InChI=1S/C28H26BrNO4/c1-17-23(31)13-15-27(2)14-12-21-25(24(17)27)33-26(32)28(21)16-22(18-8-10-19(29)11-9-18)30(34-28)20-6-4-3-5-7-20/h3-11,13,15,21-22,25H,12,14,16H2,1-2H3/t21-,22-,25+,27+,28?/m1/s1. The van der Waals surface area contributed by atoms with Gasteiger partial charge in [-0.3, -0.25) is 9.63 Å². The summed E-state index contributed by atoms with van der Waals surface area (Å²) in [7, 11) is 0. The molecule has 0 radical (unpaired) electrons. The Morgan fingerprint density at radius 3 is 2.53 bits per heavy atom. The fourth-order valence-electron chi connectivity index (χ4n) is 6.32. The second-order valence-corrected chi connectivity index (χ2v) is 11.0. The Morgan fingerprint density at radius 1 is 1.06 bits per heavy atom. The van der Waals surface area contributed by atoms with Gasteiger partial charge in [0.05, 0.1) is 11.7 Å². The normalized spacial score (nSPS) is 34.4. The highest BCUT2D eigenvalue weighted by Gasteiger charge is 2.67. The lowest BCUT2D eigenvalue weighted by Gasteiger charge is -2.44. The van der Waals surface area contributed by atoms with Crippen LogP contribution >= 0.6 is 15.9 Å². The van der Waals surface area contributed by atoms with E-state index in [9.17, 15) is 9.59 Å². The number of ketones is 1. The van der Waals surface area contributed by atoms with Gasteiger partial charge in [-0.25, -0.2) is 9.86 Å². The molecule has 2 aliphatic carbocycles. The van der Waals surface area contributed by atoms with Crippen LogP contribution in [0.15, 0.2) is 82.4 Å². The van der Waals surface area contributed by atoms with Crippen LogP contribution in [0.2, 0.25) is 0 Å². The topological polar surface area (TPSA) is 55.8 Å². The molecule has 1 spiro atoms. The Hall–Kier alpha value is -2.70. The maximum atomic E-state index is 13.6. The third-order valence-electron chi connectivity index (χ3n) is 8.10. The summed E-state index contributed by atoms with van der Waals surface area (Å²) in [5.74, 6) is -0.477. The fourth-order valence-corrected chi connectivity index (χ4v) is 6.58. The van der Waals surface area contributed by atoms with E-state index < -0.39 is 11.7 Å². The van der Waals surface area contributed by atoms with Crippen molar-refractivity contribution in [2.75, 3.05) is 5.06 Å². The lowest BCUT2D eigenvalue weighted by molar-refractivity contribution is -0.157. The number of esters is 1. The van der Waals surface area contributed by atoms with Gasteiger partial charge in [0.15, 0.2) is 5.78 Å². The van der Waals surface area contributed by atoms with Gasteiger partial charge < -0.3 is 4.74 Å². The highest BCUT2D eigenvalue weighted by atomic mass is 79.9. The van der Waals surface area contributed by atoms with Crippen molar-refractivity contribution in [1.82, 2.24) is 0 Å². The van der Waals surface area contributed by atoms with Gasteiger partial charge in [0.1, 0.15) is 6.10 Å². The molecule has 4 aliphatic rings. The van der Waals surface area contributed by atoms with Crippen molar-refractivity contribution in [3.8, 4) is 0 Å². The molecule has 34 heavy (non-hydrogen) atoms. The average Bonchev–Trinajstić information content (AvgIpc) is 3.36. The van der Waals surface area contributed by atoms with Crippen LogP contribution in [0.4, 0.5) is 5.69 Å². The number of carbonyl (C=O) groups excluding carboxylic acids is 2. The van der Waals surface area contributed by atoms with Gasteiger partial charge in [-0.2, -0.15) is 0 Å². The molecule has 2 aromatic rings. The second-order valence-electron chi connectivity index (χ2n) is 10.0. The summed E-state index contributed by atoms with van der Waals surface area (Å²) < 4.78 is 7.10. The minimum absolute atomic E-state index is 0.00360. The Labute approximate surface area is 207 Å². The van der Waals surface area contributed by atoms with E-state index in [-0.39, 0.29) is 29.1 Å². The molecule has 174 valence electrons. The van der Waals surface area contributed by atoms with Crippen LogP contribution in [0, 0.1) is 11.3 Å². The van der Waals surface area contributed by atoms with E-state index in [2.05, 4.69) is 35.0 Å². The number of ether oxygens (including phenoxy) is 1. The molecular weight excluding hydrogens is 494 g/mol. The van der Waals surface area contributed by atoms with Crippen LogP contribution in [-0.4, -0.2) is 23.5 Å². The minimum atomic E-state index is -1.09. The van der Waals surface area contributed by atoms with Crippen molar-refractivity contribution < 1.29 is 19.2 Å². The average molecular weight is 520 g/mol. The molecule has 2 aromatic carbocycles. The number of hydrogen-bond donors (Lipinski definition) is 0. The highest BCUT2D eigenvalue weighted by Crippen LogP contribution is 2.59. The first-order chi connectivity index (χ1) is 16.3. The molecule has 1 unspecified atom stereocenters. The third kappa shape index (κ3) is 3.08. The van der Waals surface area contributed by atoms with Crippen molar-refractivity contribution >= 4 is 33.4 Å². The smallest absolute Gasteiger partial charge is 0.342 e. The molecule has 6 rings (SSSR count). The number of rotatable bonds is 2. The zero-order valence-corrected chi connectivity index (χ0v) is 20.7. The first-order valence-corrected chi connectivity index (χ1v) is 12.6. The van der Waals surface area contributed by atoms with Crippen LogP contribution in [0.1, 0.15) is 44.7 Å². The molecular formula is C28H26BrNO4. The molecule has 0 bridgehead atoms. The monoisotopic (exact) mass is 519 g/mol. The van der Waals surface area contributed by atoms with Crippen molar-refractivity contribution in [2.45, 2.75) is 50.9 Å². The third-order valence-corrected chi connectivity index (χ3v) is 8.63. The predicted molar refractivity (Wildman–Crippen MR) is 132 cm³/mol. The quantitative estimate of drug-likeness (QED) is 0.464. The number of nitrogens with zero attached hydrogens (tertiary/aromatic N) is 1. The molecule has 5 atom stereocenters. The van der Waals surface area contributed by atoms with E-state index in [0.29, 0.717) is 12.0 Å². The summed E-state index contributed by atoms with van der Waals surface area (Å²) in [5, 5.41) is 1.88. The van der Waals surface area contributed by atoms with Crippen molar-refractivity contribution in [3.63, 3.8) is 0 Å².